The number of aromatic nitrogens is 2. The number of hydrogen-bond donors (Lipinski definition) is 2. The van der Waals surface area contributed by atoms with Crippen LogP contribution < -0.4 is 10.6 Å². The van der Waals surface area contributed by atoms with Crippen molar-refractivity contribution in [3.05, 3.63) is 51.7 Å². The fourth-order valence-electron chi connectivity index (χ4n) is 2.13. The van der Waals surface area contributed by atoms with Crippen molar-refractivity contribution in [3.8, 4) is 0 Å². The Hall–Kier alpha value is -1.66. The van der Waals surface area contributed by atoms with E-state index in [1.807, 2.05) is 31.3 Å². The van der Waals surface area contributed by atoms with Crippen LogP contribution in [0.3, 0.4) is 0 Å². The molecule has 106 valence electrons. The number of fused-ring (bicyclic) bond motifs is 1. The van der Waals surface area contributed by atoms with Crippen molar-refractivity contribution >= 4 is 60.0 Å². The Labute approximate surface area is 139 Å². The molecule has 0 amide bonds. The molecule has 21 heavy (non-hydrogen) atoms. The first-order valence-corrected chi connectivity index (χ1v) is 7.92. The number of rotatable bonds is 3. The van der Waals surface area contributed by atoms with Crippen LogP contribution in [0.4, 0.5) is 17.3 Å². The summed E-state index contributed by atoms with van der Waals surface area (Å²) >= 11 is 7.10. The zero-order valence-electron chi connectivity index (χ0n) is 11.2. The molecule has 0 radical (unpaired) electrons. The average Bonchev–Trinajstić information content (AvgIpc) is 2.52. The maximum Gasteiger partial charge on any atom is 0.150 e. The van der Waals surface area contributed by atoms with E-state index in [-0.39, 0.29) is 0 Å². The summed E-state index contributed by atoms with van der Waals surface area (Å²) in [5.74, 6) is 1.47. The molecule has 0 spiro atoms. The molecule has 0 atom stereocenters. The maximum absolute atomic E-state index is 4.29. The molecule has 0 aliphatic carbocycles. The molecule has 0 aliphatic heterocycles. The van der Waals surface area contributed by atoms with Gasteiger partial charge in [0.2, 0.25) is 0 Å². The topological polar surface area (TPSA) is 49.8 Å². The Kier molecular flexibility index (Phi) is 4.07. The highest BCUT2D eigenvalue weighted by atomic mass is 79.9. The number of nitrogens with zero attached hydrogens (tertiary/aromatic N) is 2. The fraction of sp³-hybridized carbons (Fsp3) is 0.0667. The van der Waals surface area contributed by atoms with E-state index in [9.17, 15) is 0 Å². The van der Waals surface area contributed by atoms with Crippen LogP contribution in [-0.2, 0) is 0 Å². The lowest BCUT2D eigenvalue weighted by atomic mass is 10.1. The molecule has 0 unspecified atom stereocenters. The Morgan fingerprint density at radius 3 is 2.38 bits per heavy atom. The van der Waals surface area contributed by atoms with Gasteiger partial charge in [-0.25, -0.2) is 9.97 Å². The molecule has 6 heteroatoms. The van der Waals surface area contributed by atoms with Crippen molar-refractivity contribution in [3.63, 3.8) is 0 Å². The van der Waals surface area contributed by atoms with E-state index in [0.29, 0.717) is 0 Å². The van der Waals surface area contributed by atoms with E-state index >= 15 is 0 Å². The SMILES string of the molecule is CNc1ncnc(Nc2ccc(Br)c3ccccc23)c1Br. The zero-order chi connectivity index (χ0) is 14.8. The third kappa shape index (κ3) is 2.73. The first-order valence-electron chi connectivity index (χ1n) is 6.33. The molecule has 3 aromatic rings. The van der Waals surface area contributed by atoms with Crippen LogP contribution in [0.2, 0.25) is 0 Å². The normalized spacial score (nSPS) is 10.6. The van der Waals surface area contributed by atoms with Crippen LogP contribution in [0.5, 0.6) is 0 Å². The minimum absolute atomic E-state index is 0.724. The summed E-state index contributed by atoms with van der Waals surface area (Å²) in [6, 6.07) is 12.3. The molecule has 2 N–H and O–H groups in total. The summed E-state index contributed by atoms with van der Waals surface area (Å²) < 4.78 is 1.88. The number of hydrogen-bond acceptors (Lipinski definition) is 4. The van der Waals surface area contributed by atoms with Gasteiger partial charge < -0.3 is 10.6 Å². The van der Waals surface area contributed by atoms with Gasteiger partial charge in [-0.2, -0.15) is 0 Å². The lowest BCUT2D eigenvalue weighted by molar-refractivity contribution is 1.14. The quantitative estimate of drug-likeness (QED) is 0.645. The van der Waals surface area contributed by atoms with Gasteiger partial charge in [-0.15, -0.1) is 0 Å². The van der Waals surface area contributed by atoms with Crippen molar-refractivity contribution in [2.24, 2.45) is 0 Å². The van der Waals surface area contributed by atoms with E-state index in [2.05, 4.69) is 64.6 Å². The van der Waals surface area contributed by atoms with Gasteiger partial charge in [0.15, 0.2) is 0 Å². The third-order valence-corrected chi connectivity index (χ3v) is 4.59. The van der Waals surface area contributed by atoms with Gasteiger partial charge in [0.1, 0.15) is 22.4 Å². The second kappa shape index (κ2) is 5.99. The fourth-order valence-corrected chi connectivity index (χ4v) is 3.11. The van der Waals surface area contributed by atoms with Crippen LogP contribution in [0.1, 0.15) is 0 Å². The molecule has 3 rings (SSSR count). The van der Waals surface area contributed by atoms with E-state index in [0.717, 1.165) is 37.0 Å². The van der Waals surface area contributed by atoms with Gasteiger partial charge in [-0.3, -0.25) is 0 Å². The van der Waals surface area contributed by atoms with Gasteiger partial charge in [-0.05, 0) is 33.4 Å². The minimum atomic E-state index is 0.724. The van der Waals surface area contributed by atoms with E-state index in [1.54, 1.807) is 0 Å². The molecule has 4 nitrogen and oxygen atoms in total. The van der Waals surface area contributed by atoms with E-state index in [1.165, 1.54) is 6.33 Å². The second-order valence-corrected chi connectivity index (χ2v) is 6.05. The molecule has 0 aliphatic rings. The molecular formula is C15H12Br2N4. The average molecular weight is 408 g/mol. The molecule has 1 heterocycles. The third-order valence-electron chi connectivity index (χ3n) is 3.15. The molecule has 0 fully saturated rings. The largest absolute Gasteiger partial charge is 0.372 e. The highest BCUT2D eigenvalue weighted by molar-refractivity contribution is 9.11. The number of nitrogens with one attached hydrogen (secondary N) is 2. The first-order chi connectivity index (χ1) is 10.2. The number of halogens is 2. The Bertz CT molecular complexity index is 805. The van der Waals surface area contributed by atoms with Crippen LogP contribution in [0.25, 0.3) is 10.8 Å². The monoisotopic (exact) mass is 406 g/mol. The van der Waals surface area contributed by atoms with Crippen LogP contribution in [0, 0.1) is 0 Å². The molecule has 2 aromatic carbocycles. The van der Waals surface area contributed by atoms with Crippen molar-refractivity contribution in [1.29, 1.82) is 0 Å². The summed E-state index contributed by atoms with van der Waals surface area (Å²) in [6.07, 6.45) is 1.53. The molecular weight excluding hydrogens is 396 g/mol. The zero-order valence-corrected chi connectivity index (χ0v) is 14.4. The van der Waals surface area contributed by atoms with Gasteiger partial charge in [0, 0.05) is 22.6 Å². The Morgan fingerprint density at radius 1 is 0.905 bits per heavy atom. The van der Waals surface area contributed by atoms with E-state index < -0.39 is 0 Å². The van der Waals surface area contributed by atoms with Crippen LogP contribution >= 0.6 is 31.9 Å². The molecule has 1 aromatic heterocycles. The molecule has 0 saturated carbocycles. The Balaban J connectivity index is 2.09. The van der Waals surface area contributed by atoms with Gasteiger partial charge in [0.05, 0.1) is 0 Å². The molecule has 0 bridgehead atoms. The minimum Gasteiger partial charge on any atom is -0.372 e. The van der Waals surface area contributed by atoms with Crippen molar-refractivity contribution in [2.75, 3.05) is 17.7 Å². The lowest BCUT2D eigenvalue weighted by Gasteiger charge is -2.12. The van der Waals surface area contributed by atoms with Crippen molar-refractivity contribution in [2.45, 2.75) is 0 Å². The first kappa shape index (κ1) is 14.3. The number of anilines is 3. The maximum atomic E-state index is 4.29. The lowest BCUT2D eigenvalue weighted by Crippen LogP contribution is -2.00. The molecule has 0 saturated heterocycles. The second-order valence-electron chi connectivity index (χ2n) is 4.40. The van der Waals surface area contributed by atoms with E-state index in [4.69, 9.17) is 0 Å². The summed E-state index contributed by atoms with van der Waals surface area (Å²) in [4.78, 5) is 8.45. The van der Waals surface area contributed by atoms with Crippen LogP contribution in [0.15, 0.2) is 51.7 Å². The van der Waals surface area contributed by atoms with Gasteiger partial charge in [-0.1, -0.05) is 40.2 Å². The predicted molar refractivity (Wildman–Crippen MR) is 94.2 cm³/mol. The highest BCUT2D eigenvalue weighted by Crippen LogP contribution is 2.34. The van der Waals surface area contributed by atoms with Gasteiger partial charge >= 0.3 is 0 Å². The smallest absolute Gasteiger partial charge is 0.150 e. The van der Waals surface area contributed by atoms with Crippen LogP contribution in [-0.4, -0.2) is 17.0 Å². The summed E-state index contributed by atoms with van der Waals surface area (Å²) in [7, 11) is 1.83. The van der Waals surface area contributed by atoms with Crippen molar-refractivity contribution in [1.82, 2.24) is 9.97 Å². The summed E-state index contributed by atoms with van der Waals surface area (Å²) in [5, 5.41) is 8.66. The predicted octanol–water partition coefficient (Wildman–Crippen LogP) is 4.94. The summed E-state index contributed by atoms with van der Waals surface area (Å²) in [5.41, 5.74) is 0.996. The highest BCUT2D eigenvalue weighted by Gasteiger charge is 2.10. The van der Waals surface area contributed by atoms with Crippen molar-refractivity contribution < 1.29 is 0 Å². The van der Waals surface area contributed by atoms with Gasteiger partial charge in [0.25, 0.3) is 0 Å². The Morgan fingerprint density at radius 2 is 1.62 bits per heavy atom. The standard InChI is InChI=1S/C15H12Br2N4/c1-18-14-13(17)15(20-8-19-14)21-12-7-6-11(16)9-4-2-3-5-10(9)12/h2-8H,1H3,(H2,18,19,20,21). The summed E-state index contributed by atoms with van der Waals surface area (Å²) in [6.45, 7) is 0. The number of benzene rings is 2.